The zero-order valence-electron chi connectivity index (χ0n) is 13.9. The van der Waals surface area contributed by atoms with Crippen LogP contribution in [0.1, 0.15) is 52.9 Å². The van der Waals surface area contributed by atoms with Crippen LogP contribution in [0.4, 0.5) is 0 Å². The SMILES string of the molecule is CCCCOP(=O)(/C=C(\C)C(=O)OCCCO)OCCCC. The average molecular weight is 336 g/mol. The van der Waals surface area contributed by atoms with E-state index in [1.165, 1.54) is 12.7 Å². The maximum atomic E-state index is 12.6. The number of aliphatic hydroxyl groups excluding tert-OH is 1. The molecule has 0 radical (unpaired) electrons. The molecule has 0 aromatic carbocycles. The minimum Gasteiger partial charge on any atom is -0.462 e. The molecule has 0 rings (SSSR count). The molecule has 130 valence electrons. The first-order valence-electron chi connectivity index (χ1n) is 7.85. The van der Waals surface area contributed by atoms with Crippen molar-refractivity contribution in [1.82, 2.24) is 0 Å². The maximum Gasteiger partial charge on any atom is 0.354 e. The molecular formula is C15H29O6P. The standard InChI is InChI=1S/C15H29O6P/c1-4-6-11-20-22(18,21-12-7-5-2)13-14(3)15(17)19-10-8-9-16/h13,16H,4-12H2,1-3H3/b14-13+. The predicted molar refractivity (Wildman–Crippen MR) is 85.7 cm³/mol. The Bertz CT molecular complexity index is 366. The molecule has 0 amide bonds. The fourth-order valence-corrected chi connectivity index (χ4v) is 2.99. The summed E-state index contributed by atoms with van der Waals surface area (Å²) in [5.41, 5.74) is 0.189. The summed E-state index contributed by atoms with van der Waals surface area (Å²) in [4.78, 5) is 11.8. The number of aliphatic hydroxyl groups is 1. The second-order valence-corrected chi connectivity index (χ2v) is 6.79. The van der Waals surface area contributed by atoms with Gasteiger partial charge in [0.2, 0.25) is 0 Å². The molecule has 0 heterocycles. The van der Waals surface area contributed by atoms with Gasteiger partial charge < -0.3 is 18.9 Å². The van der Waals surface area contributed by atoms with Crippen molar-refractivity contribution < 1.29 is 28.3 Å². The topological polar surface area (TPSA) is 82.1 Å². The van der Waals surface area contributed by atoms with Crippen LogP contribution in [0.15, 0.2) is 11.4 Å². The van der Waals surface area contributed by atoms with E-state index in [1.54, 1.807) is 0 Å². The Labute approximate surface area is 133 Å². The molecule has 0 aliphatic heterocycles. The molecule has 22 heavy (non-hydrogen) atoms. The maximum absolute atomic E-state index is 12.6. The van der Waals surface area contributed by atoms with Gasteiger partial charge in [-0.25, -0.2) is 4.79 Å². The molecule has 0 fully saturated rings. The van der Waals surface area contributed by atoms with Crippen molar-refractivity contribution >= 4 is 13.6 Å². The number of carbonyl (C=O) groups excluding carboxylic acids is 1. The van der Waals surface area contributed by atoms with E-state index >= 15 is 0 Å². The smallest absolute Gasteiger partial charge is 0.354 e. The highest BCUT2D eigenvalue weighted by atomic mass is 31.2. The van der Waals surface area contributed by atoms with E-state index < -0.39 is 13.6 Å². The number of carbonyl (C=O) groups is 1. The average Bonchev–Trinajstić information content (AvgIpc) is 2.48. The van der Waals surface area contributed by atoms with Crippen LogP contribution in [0.3, 0.4) is 0 Å². The van der Waals surface area contributed by atoms with Gasteiger partial charge in [0.25, 0.3) is 0 Å². The van der Waals surface area contributed by atoms with Crippen molar-refractivity contribution in [2.45, 2.75) is 52.9 Å². The van der Waals surface area contributed by atoms with Gasteiger partial charge in [0.15, 0.2) is 0 Å². The molecule has 0 spiro atoms. The fourth-order valence-electron chi connectivity index (χ4n) is 1.42. The van der Waals surface area contributed by atoms with Crippen molar-refractivity contribution in [3.05, 3.63) is 11.4 Å². The minimum atomic E-state index is -3.44. The summed E-state index contributed by atoms with van der Waals surface area (Å²) >= 11 is 0. The number of esters is 1. The summed E-state index contributed by atoms with van der Waals surface area (Å²) in [6.45, 7) is 6.25. The quantitative estimate of drug-likeness (QED) is 0.239. The first-order chi connectivity index (χ1) is 10.5. The first kappa shape index (κ1) is 21.3. The van der Waals surface area contributed by atoms with Gasteiger partial charge in [0.05, 0.1) is 19.8 Å². The van der Waals surface area contributed by atoms with Crippen molar-refractivity contribution in [1.29, 1.82) is 0 Å². The Morgan fingerprint density at radius 2 is 1.59 bits per heavy atom. The van der Waals surface area contributed by atoms with E-state index in [9.17, 15) is 9.36 Å². The Hall–Kier alpha value is -0.680. The van der Waals surface area contributed by atoms with E-state index in [1.807, 2.05) is 13.8 Å². The van der Waals surface area contributed by atoms with E-state index in [0.29, 0.717) is 19.6 Å². The zero-order chi connectivity index (χ0) is 16.8. The van der Waals surface area contributed by atoms with Gasteiger partial charge >= 0.3 is 13.6 Å². The summed E-state index contributed by atoms with van der Waals surface area (Å²) in [7, 11) is -3.44. The van der Waals surface area contributed by atoms with Crippen LogP contribution in [0.25, 0.3) is 0 Å². The number of ether oxygens (including phenoxy) is 1. The third-order valence-corrected chi connectivity index (χ3v) is 4.54. The number of rotatable bonds is 13. The lowest BCUT2D eigenvalue weighted by atomic mass is 10.3. The summed E-state index contributed by atoms with van der Waals surface area (Å²) in [6.07, 6.45) is 3.75. The molecule has 0 saturated carbocycles. The predicted octanol–water partition coefficient (Wildman–Crippen LogP) is 3.64. The van der Waals surface area contributed by atoms with Gasteiger partial charge in [0, 0.05) is 24.4 Å². The van der Waals surface area contributed by atoms with Crippen LogP contribution in [0, 0.1) is 0 Å². The third-order valence-electron chi connectivity index (χ3n) is 2.75. The summed E-state index contributed by atoms with van der Waals surface area (Å²) in [5, 5.41) is 8.65. The molecule has 1 N–H and O–H groups in total. The lowest BCUT2D eigenvalue weighted by Crippen LogP contribution is -2.09. The molecule has 7 heteroatoms. The third kappa shape index (κ3) is 10.1. The second kappa shape index (κ2) is 12.8. The van der Waals surface area contributed by atoms with Gasteiger partial charge in [-0.05, 0) is 19.8 Å². The minimum absolute atomic E-state index is 0.0468. The lowest BCUT2D eigenvalue weighted by molar-refractivity contribution is -0.139. The summed E-state index contributed by atoms with van der Waals surface area (Å²) in [5.74, 6) is 0.659. The highest BCUT2D eigenvalue weighted by molar-refractivity contribution is 7.57. The van der Waals surface area contributed by atoms with Crippen LogP contribution < -0.4 is 0 Å². The molecule has 0 unspecified atom stereocenters. The van der Waals surface area contributed by atoms with Crippen molar-refractivity contribution in [3.63, 3.8) is 0 Å². The zero-order valence-corrected chi connectivity index (χ0v) is 14.8. The molecule has 0 saturated heterocycles. The van der Waals surface area contributed by atoms with Crippen LogP contribution in [0.2, 0.25) is 0 Å². The van der Waals surface area contributed by atoms with Crippen molar-refractivity contribution in [2.24, 2.45) is 0 Å². The first-order valence-corrected chi connectivity index (χ1v) is 9.46. The molecule has 0 aromatic heterocycles. The highest BCUT2D eigenvalue weighted by Crippen LogP contribution is 2.51. The van der Waals surface area contributed by atoms with Gasteiger partial charge in [-0.3, -0.25) is 4.57 Å². The monoisotopic (exact) mass is 336 g/mol. The number of unbranched alkanes of at least 4 members (excludes halogenated alkanes) is 2. The largest absolute Gasteiger partial charge is 0.462 e. The van der Waals surface area contributed by atoms with E-state index in [-0.39, 0.29) is 18.8 Å². The molecule has 0 aliphatic carbocycles. The molecule has 6 nitrogen and oxygen atoms in total. The Balaban J connectivity index is 4.71. The molecule has 0 aromatic rings. The summed E-state index contributed by atoms with van der Waals surface area (Å²) < 4.78 is 28.3. The highest BCUT2D eigenvalue weighted by Gasteiger charge is 2.23. The van der Waals surface area contributed by atoms with Gasteiger partial charge in [-0.1, -0.05) is 26.7 Å². The number of hydrogen-bond acceptors (Lipinski definition) is 6. The lowest BCUT2D eigenvalue weighted by Gasteiger charge is -2.16. The Morgan fingerprint density at radius 3 is 2.05 bits per heavy atom. The van der Waals surface area contributed by atoms with Crippen LogP contribution in [-0.2, 0) is 23.1 Å². The van der Waals surface area contributed by atoms with Gasteiger partial charge in [-0.15, -0.1) is 0 Å². The molecular weight excluding hydrogens is 307 g/mol. The van der Waals surface area contributed by atoms with E-state index in [2.05, 4.69) is 0 Å². The van der Waals surface area contributed by atoms with Crippen LogP contribution in [-0.4, -0.2) is 37.5 Å². The van der Waals surface area contributed by atoms with Crippen molar-refractivity contribution in [3.8, 4) is 0 Å². The number of hydrogen-bond donors (Lipinski definition) is 1. The Morgan fingerprint density at radius 1 is 1.05 bits per heavy atom. The van der Waals surface area contributed by atoms with Gasteiger partial charge in [0.1, 0.15) is 0 Å². The van der Waals surface area contributed by atoms with E-state index in [0.717, 1.165) is 25.7 Å². The molecule has 0 atom stereocenters. The van der Waals surface area contributed by atoms with Crippen molar-refractivity contribution in [2.75, 3.05) is 26.4 Å². The second-order valence-electron chi connectivity index (χ2n) is 4.94. The Kier molecular flexibility index (Phi) is 12.4. The van der Waals surface area contributed by atoms with Crippen LogP contribution in [0.5, 0.6) is 0 Å². The van der Waals surface area contributed by atoms with Gasteiger partial charge in [-0.2, -0.15) is 0 Å². The molecule has 0 bridgehead atoms. The molecule has 0 aliphatic rings. The van der Waals surface area contributed by atoms with Crippen LogP contribution >= 0.6 is 7.60 Å². The normalized spacial score (nSPS) is 12.5. The van der Waals surface area contributed by atoms with E-state index in [4.69, 9.17) is 18.9 Å². The summed E-state index contributed by atoms with van der Waals surface area (Å²) in [6, 6.07) is 0. The fraction of sp³-hybridized carbons (Fsp3) is 0.800.